The summed E-state index contributed by atoms with van der Waals surface area (Å²) in [5.74, 6) is -0.184. The third-order valence-electron chi connectivity index (χ3n) is 5.42. The zero-order valence-corrected chi connectivity index (χ0v) is 16.4. The fraction of sp³-hybridized carbons (Fsp3) is 0.400. The molecule has 28 heavy (non-hydrogen) atoms. The van der Waals surface area contributed by atoms with Gasteiger partial charge in [0.25, 0.3) is 11.1 Å². The first kappa shape index (κ1) is 18.7. The Morgan fingerprint density at radius 2 is 1.93 bits per heavy atom. The number of nitrogens with one attached hydrogen (secondary N) is 1. The molecule has 7 nitrogen and oxygen atoms in total. The number of hydrogen-bond acceptors (Lipinski definition) is 5. The van der Waals surface area contributed by atoms with Crippen molar-refractivity contribution in [3.8, 4) is 5.69 Å². The van der Waals surface area contributed by atoms with Gasteiger partial charge in [0.1, 0.15) is 0 Å². The summed E-state index contributed by atoms with van der Waals surface area (Å²) >= 11 is 1.04. The summed E-state index contributed by atoms with van der Waals surface area (Å²) in [6.07, 6.45) is 4.96. The largest absolute Gasteiger partial charge is 0.347 e. The van der Waals surface area contributed by atoms with E-state index in [1.807, 2.05) is 37.3 Å². The number of nitrogens with zero attached hydrogens (tertiary/aromatic N) is 3. The van der Waals surface area contributed by atoms with E-state index in [4.69, 9.17) is 0 Å². The lowest BCUT2D eigenvalue weighted by atomic mass is 9.89. The molecule has 1 aliphatic heterocycles. The van der Waals surface area contributed by atoms with Crippen LogP contribution in [0.4, 0.5) is 4.79 Å². The Bertz CT molecular complexity index is 895. The number of thioether (sulfide) groups is 1. The Morgan fingerprint density at radius 3 is 2.64 bits per heavy atom. The molecule has 1 saturated heterocycles. The zero-order chi connectivity index (χ0) is 19.7. The molecular formula is C20H22N4O3S. The maximum Gasteiger partial charge on any atom is 0.289 e. The van der Waals surface area contributed by atoms with Gasteiger partial charge in [0.05, 0.1) is 41.0 Å². The van der Waals surface area contributed by atoms with Crippen LogP contribution in [0.1, 0.15) is 41.7 Å². The molecule has 1 N–H and O–H groups in total. The Balaban J connectivity index is 1.53. The SMILES string of the molecule is Cc1c(C(=O)NC2CCCCC2N2C(=O)CSC2=O)cnn1-c1ccccc1. The number of rotatable bonds is 4. The van der Waals surface area contributed by atoms with Crippen LogP contribution in [0.5, 0.6) is 0 Å². The van der Waals surface area contributed by atoms with Crippen molar-refractivity contribution in [1.29, 1.82) is 0 Å². The summed E-state index contributed by atoms with van der Waals surface area (Å²) < 4.78 is 1.73. The number of hydrogen-bond donors (Lipinski definition) is 1. The standard InChI is InChI=1S/C20H22N4O3S/c1-13-15(11-21-24(13)14-7-3-2-4-8-14)19(26)22-16-9-5-6-10-17(16)23-18(25)12-28-20(23)27/h2-4,7-8,11,16-17H,5-6,9-10,12H2,1H3,(H,22,26). The lowest BCUT2D eigenvalue weighted by Crippen LogP contribution is -2.54. The molecule has 1 aromatic carbocycles. The van der Waals surface area contributed by atoms with Gasteiger partial charge in [-0.15, -0.1) is 0 Å². The van der Waals surface area contributed by atoms with Crippen molar-refractivity contribution in [3.63, 3.8) is 0 Å². The highest BCUT2D eigenvalue weighted by Crippen LogP contribution is 2.30. The minimum atomic E-state index is -0.267. The highest BCUT2D eigenvalue weighted by atomic mass is 32.2. The van der Waals surface area contributed by atoms with Crippen LogP contribution in [0.25, 0.3) is 5.69 Å². The van der Waals surface area contributed by atoms with Gasteiger partial charge in [-0.25, -0.2) is 4.68 Å². The second-order valence-electron chi connectivity index (χ2n) is 7.14. The molecule has 146 valence electrons. The fourth-order valence-electron chi connectivity index (χ4n) is 3.98. The van der Waals surface area contributed by atoms with E-state index in [-0.39, 0.29) is 34.9 Å². The minimum Gasteiger partial charge on any atom is -0.347 e. The molecule has 1 aromatic heterocycles. The number of benzene rings is 1. The summed E-state index contributed by atoms with van der Waals surface area (Å²) in [6.45, 7) is 1.86. The number of imide groups is 1. The first-order valence-corrected chi connectivity index (χ1v) is 10.4. The summed E-state index contributed by atoms with van der Waals surface area (Å²) in [5.41, 5.74) is 2.14. The lowest BCUT2D eigenvalue weighted by molar-refractivity contribution is -0.127. The van der Waals surface area contributed by atoms with Gasteiger partial charge in [-0.3, -0.25) is 19.3 Å². The molecule has 0 radical (unpaired) electrons. The average Bonchev–Trinajstić information content (AvgIpc) is 3.25. The summed E-state index contributed by atoms with van der Waals surface area (Å²) in [4.78, 5) is 38.6. The fourth-order valence-corrected chi connectivity index (χ4v) is 4.74. The zero-order valence-electron chi connectivity index (χ0n) is 15.6. The van der Waals surface area contributed by atoms with Crippen molar-refractivity contribution < 1.29 is 14.4 Å². The molecule has 2 aromatic rings. The van der Waals surface area contributed by atoms with E-state index in [0.29, 0.717) is 5.56 Å². The Hall–Kier alpha value is -2.61. The first-order chi connectivity index (χ1) is 13.6. The Labute approximate surface area is 167 Å². The number of para-hydroxylation sites is 1. The van der Waals surface area contributed by atoms with Gasteiger partial charge in [0, 0.05) is 0 Å². The van der Waals surface area contributed by atoms with Crippen LogP contribution in [0.15, 0.2) is 36.5 Å². The number of aromatic nitrogens is 2. The van der Waals surface area contributed by atoms with E-state index < -0.39 is 0 Å². The van der Waals surface area contributed by atoms with Crippen LogP contribution in [0.3, 0.4) is 0 Å². The molecule has 1 aliphatic carbocycles. The molecule has 8 heteroatoms. The summed E-state index contributed by atoms with van der Waals surface area (Å²) in [6, 6.07) is 9.14. The molecule has 0 spiro atoms. The smallest absolute Gasteiger partial charge is 0.289 e. The van der Waals surface area contributed by atoms with E-state index in [0.717, 1.165) is 48.8 Å². The summed E-state index contributed by atoms with van der Waals surface area (Å²) in [7, 11) is 0. The second-order valence-corrected chi connectivity index (χ2v) is 8.07. The van der Waals surface area contributed by atoms with Gasteiger partial charge in [-0.2, -0.15) is 5.10 Å². The van der Waals surface area contributed by atoms with E-state index in [9.17, 15) is 14.4 Å². The van der Waals surface area contributed by atoms with E-state index in [1.54, 1.807) is 10.9 Å². The van der Waals surface area contributed by atoms with Gasteiger partial charge >= 0.3 is 0 Å². The third kappa shape index (κ3) is 3.44. The molecule has 3 amide bonds. The molecule has 2 fully saturated rings. The lowest BCUT2D eigenvalue weighted by Gasteiger charge is -2.36. The minimum absolute atomic E-state index is 0.158. The van der Waals surface area contributed by atoms with Crippen molar-refractivity contribution in [2.24, 2.45) is 0 Å². The summed E-state index contributed by atoms with van der Waals surface area (Å²) in [5, 5.41) is 7.21. The predicted octanol–water partition coefficient (Wildman–Crippen LogP) is 2.92. The maximum atomic E-state index is 12.9. The van der Waals surface area contributed by atoms with Crippen molar-refractivity contribution in [2.75, 3.05) is 5.75 Å². The number of carbonyl (C=O) groups is 3. The average molecular weight is 398 g/mol. The number of carbonyl (C=O) groups excluding carboxylic acids is 3. The van der Waals surface area contributed by atoms with E-state index in [1.165, 1.54) is 4.90 Å². The first-order valence-electron chi connectivity index (χ1n) is 9.46. The molecule has 0 bridgehead atoms. The molecule has 1 saturated carbocycles. The van der Waals surface area contributed by atoms with Crippen LogP contribution >= 0.6 is 11.8 Å². The van der Waals surface area contributed by atoms with Crippen molar-refractivity contribution in [2.45, 2.75) is 44.7 Å². The molecule has 2 atom stereocenters. The van der Waals surface area contributed by atoms with Crippen molar-refractivity contribution in [1.82, 2.24) is 20.0 Å². The predicted molar refractivity (Wildman–Crippen MR) is 107 cm³/mol. The normalized spacial score (nSPS) is 22.5. The molecule has 2 unspecified atom stereocenters. The topological polar surface area (TPSA) is 84.3 Å². The van der Waals surface area contributed by atoms with Crippen LogP contribution < -0.4 is 5.32 Å². The van der Waals surface area contributed by atoms with E-state index in [2.05, 4.69) is 10.4 Å². The molecule has 2 aliphatic rings. The molecule has 4 rings (SSSR count). The second kappa shape index (κ2) is 7.79. The highest BCUT2D eigenvalue weighted by molar-refractivity contribution is 8.14. The maximum absolute atomic E-state index is 12.9. The molecule has 2 heterocycles. The van der Waals surface area contributed by atoms with Crippen LogP contribution in [-0.4, -0.2) is 49.6 Å². The van der Waals surface area contributed by atoms with Gasteiger partial charge in [-0.05, 0) is 31.9 Å². The van der Waals surface area contributed by atoms with Crippen LogP contribution in [-0.2, 0) is 4.79 Å². The Kier molecular flexibility index (Phi) is 5.21. The van der Waals surface area contributed by atoms with Crippen molar-refractivity contribution in [3.05, 3.63) is 47.8 Å². The monoisotopic (exact) mass is 398 g/mol. The third-order valence-corrected chi connectivity index (χ3v) is 6.25. The van der Waals surface area contributed by atoms with Gasteiger partial charge in [0.15, 0.2) is 0 Å². The van der Waals surface area contributed by atoms with E-state index >= 15 is 0 Å². The van der Waals surface area contributed by atoms with Crippen LogP contribution in [0.2, 0.25) is 0 Å². The van der Waals surface area contributed by atoms with Gasteiger partial charge < -0.3 is 5.32 Å². The van der Waals surface area contributed by atoms with Crippen LogP contribution in [0, 0.1) is 6.92 Å². The van der Waals surface area contributed by atoms with Gasteiger partial charge in [0.2, 0.25) is 5.91 Å². The van der Waals surface area contributed by atoms with Gasteiger partial charge in [-0.1, -0.05) is 42.8 Å². The molecular weight excluding hydrogens is 376 g/mol. The Morgan fingerprint density at radius 1 is 1.18 bits per heavy atom. The highest BCUT2D eigenvalue weighted by Gasteiger charge is 2.41. The van der Waals surface area contributed by atoms with Crippen molar-refractivity contribution >= 4 is 28.8 Å². The number of amides is 3. The quantitative estimate of drug-likeness (QED) is 0.856.